The molecule has 2 aromatic carbocycles. The normalized spacial score (nSPS) is 10.6. The van der Waals surface area contributed by atoms with Crippen LogP contribution in [-0.4, -0.2) is 11.0 Å². The van der Waals surface area contributed by atoms with E-state index in [0.29, 0.717) is 10.7 Å². The first-order valence-corrected chi connectivity index (χ1v) is 6.05. The van der Waals surface area contributed by atoms with Crippen LogP contribution >= 0.6 is 11.6 Å². The summed E-state index contributed by atoms with van der Waals surface area (Å²) in [5.41, 5.74) is 1.43. The second-order valence-corrected chi connectivity index (χ2v) is 4.36. The highest BCUT2D eigenvalue weighted by Crippen LogP contribution is 2.15. The van der Waals surface area contributed by atoms with Crippen LogP contribution in [0.2, 0.25) is 5.02 Å². The monoisotopic (exact) mass is 273 g/mol. The van der Waals surface area contributed by atoms with Crippen molar-refractivity contribution >= 4 is 29.3 Å². The number of halogens is 1. The van der Waals surface area contributed by atoms with Crippen molar-refractivity contribution in [1.82, 2.24) is 0 Å². The van der Waals surface area contributed by atoms with Crippen molar-refractivity contribution < 1.29 is 9.90 Å². The molecule has 0 atom stereocenters. The lowest BCUT2D eigenvalue weighted by Gasteiger charge is -2.02. The van der Waals surface area contributed by atoms with Crippen LogP contribution in [0.1, 0.15) is 5.56 Å². The van der Waals surface area contributed by atoms with Crippen LogP contribution in [0.4, 0.5) is 5.69 Å². The fraction of sp³-hybridized carbons (Fsp3) is 0. The minimum absolute atomic E-state index is 0.111. The van der Waals surface area contributed by atoms with Crippen molar-refractivity contribution in [3.63, 3.8) is 0 Å². The zero-order chi connectivity index (χ0) is 13.7. The Hall–Kier alpha value is -2.26. The maximum absolute atomic E-state index is 11.7. The highest BCUT2D eigenvalue weighted by Gasteiger charge is 1.98. The van der Waals surface area contributed by atoms with Gasteiger partial charge in [0.25, 0.3) is 0 Å². The average molecular weight is 274 g/mol. The number of carbonyl (C=O) groups is 1. The minimum Gasteiger partial charge on any atom is -0.508 e. The SMILES string of the molecule is O=C(/C=C/c1ccc(Cl)cc1)Nc1cccc(O)c1. The molecule has 96 valence electrons. The number of carbonyl (C=O) groups excluding carboxylic acids is 1. The molecule has 0 aromatic heterocycles. The Balaban J connectivity index is 1.99. The lowest BCUT2D eigenvalue weighted by molar-refractivity contribution is -0.111. The molecule has 0 aliphatic heterocycles. The number of nitrogens with one attached hydrogen (secondary N) is 1. The van der Waals surface area contributed by atoms with E-state index in [0.717, 1.165) is 5.56 Å². The van der Waals surface area contributed by atoms with Gasteiger partial charge in [-0.2, -0.15) is 0 Å². The lowest BCUT2D eigenvalue weighted by Crippen LogP contribution is -2.07. The summed E-state index contributed by atoms with van der Waals surface area (Å²) in [6, 6.07) is 13.5. The van der Waals surface area contributed by atoms with Gasteiger partial charge in [0.1, 0.15) is 5.75 Å². The number of aromatic hydroxyl groups is 1. The largest absolute Gasteiger partial charge is 0.508 e. The Labute approximate surface area is 116 Å². The Kier molecular flexibility index (Phi) is 4.21. The van der Waals surface area contributed by atoms with E-state index in [1.54, 1.807) is 36.4 Å². The molecule has 2 aromatic rings. The van der Waals surface area contributed by atoms with Crippen LogP contribution in [0.3, 0.4) is 0 Å². The van der Waals surface area contributed by atoms with Gasteiger partial charge in [0.15, 0.2) is 0 Å². The fourth-order valence-electron chi connectivity index (χ4n) is 1.51. The second-order valence-electron chi connectivity index (χ2n) is 3.92. The van der Waals surface area contributed by atoms with Crippen molar-refractivity contribution in [2.24, 2.45) is 0 Å². The van der Waals surface area contributed by atoms with Gasteiger partial charge in [-0.1, -0.05) is 29.8 Å². The Morgan fingerprint density at radius 2 is 1.89 bits per heavy atom. The molecule has 0 heterocycles. The molecule has 0 fully saturated rings. The molecule has 0 saturated carbocycles. The molecule has 0 unspecified atom stereocenters. The predicted octanol–water partition coefficient (Wildman–Crippen LogP) is 3.70. The highest BCUT2D eigenvalue weighted by atomic mass is 35.5. The smallest absolute Gasteiger partial charge is 0.248 e. The Morgan fingerprint density at radius 1 is 1.16 bits per heavy atom. The molecule has 0 bridgehead atoms. The number of rotatable bonds is 3. The number of hydrogen-bond acceptors (Lipinski definition) is 2. The maximum Gasteiger partial charge on any atom is 0.248 e. The zero-order valence-electron chi connectivity index (χ0n) is 10.0. The zero-order valence-corrected chi connectivity index (χ0v) is 10.8. The number of amides is 1. The third-order valence-corrected chi connectivity index (χ3v) is 2.66. The molecule has 1 amide bonds. The summed E-state index contributed by atoms with van der Waals surface area (Å²) < 4.78 is 0. The summed E-state index contributed by atoms with van der Waals surface area (Å²) in [5.74, 6) is -0.153. The number of phenols is 1. The van der Waals surface area contributed by atoms with E-state index < -0.39 is 0 Å². The fourth-order valence-corrected chi connectivity index (χ4v) is 1.64. The summed E-state index contributed by atoms with van der Waals surface area (Å²) >= 11 is 5.77. The van der Waals surface area contributed by atoms with Crippen LogP contribution < -0.4 is 5.32 Å². The van der Waals surface area contributed by atoms with E-state index in [1.165, 1.54) is 12.1 Å². The Morgan fingerprint density at radius 3 is 2.58 bits per heavy atom. The summed E-state index contributed by atoms with van der Waals surface area (Å²) in [6.45, 7) is 0. The van der Waals surface area contributed by atoms with Gasteiger partial charge in [0.05, 0.1) is 0 Å². The molecular weight excluding hydrogens is 262 g/mol. The molecule has 3 nitrogen and oxygen atoms in total. The summed E-state index contributed by atoms with van der Waals surface area (Å²) in [4.78, 5) is 11.7. The van der Waals surface area contributed by atoms with Gasteiger partial charge in [-0.25, -0.2) is 0 Å². The Bertz CT molecular complexity index is 606. The van der Waals surface area contributed by atoms with Crippen molar-refractivity contribution in [3.05, 3.63) is 65.2 Å². The highest BCUT2D eigenvalue weighted by molar-refractivity contribution is 6.30. The number of phenolic OH excluding ortho intramolecular Hbond substituents is 1. The maximum atomic E-state index is 11.7. The lowest BCUT2D eigenvalue weighted by atomic mass is 10.2. The topological polar surface area (TPSA) is 49.3 Å². The first-order chi connectivity index (χ1) is 9.13. The van der Waals surface area contributed by atoms with Crippen molar-refractivity contribution in [1.29, 1.82) is 0 Å². The van der Waals surface area contributed by atoms with Gasteiger partial charge in [-0.05, 0) is 35.9 Å². The quantitative estimate of drug-likeness (QED) is 0.838. The van der Waals surface area contributed by atoms with Crippen molar-refractivity contribution in [2.45, 2.75) is 0 Å². The van der Waals surface area contributed by atoms with Gasteiger partial charge in [0, 0.05) is 22.9 Å². The van der Waals surface area contributed by atoms with Crippen LogP contribution in [0.15, 0.2) is 54.6 Å². The predicted molar refractivity (Wildman–Crippen MR) is 77.2 cm³/mol. The van der Waals surface area contributed by atoms with Gasteiger partial charge >= 0.3 is 0 Å². The van der Waals surface area contributed by atoms with Gasteiger partial charge in [0.2, 0.25) is 5.91 Å². The van der Waals surface area contributed by atoms with Crippen molar-refractivity contribution in [3.8, 4) is 5.75 Å². The van der Waals surface area contributed by atoms with E-state index in [4.69, 9.17) is 11.6 Å². The average Bonchev–Trinajstić information content (AvgIpc) is 2.38. The van der Waals surface area contributed by atoms with E-state index >= 15 is 0 Å². The third kappa shape index (κ3) is 4.16. The second kappa shape index (κ2) is 6.07. The molecule has 0 radical (unpaired) electrons. The summed E-state index contributed by atoms with van der Waals surface area (Å²) in [6.07, 6.45) is 3.11. The molecular formula is C15H12ClNO2. The van der Waals surface area contributed by atoms with Crippen LogP contribution in [0.25, 0.3) is 6.08 Å². The molecule has 2 rings (SSSR count). The molecule has 0 aliphatic rings. The van der Waals surface area contributed by atoms with Gasteiger partial charge in [-0.15, -0.1) is 0 Å². The number of anilines is 1. The van der Waals surface area contributed by atoms with Gasteiger partial charge in [-0.3, -0.25) is 4.79 Å². The van der Waals surface area contributed by atoms with Crippen molar-refractivity contribution in [2.75, 3.05) is 5.32 Å². The van der Waals surface area contributed by atoms with E-state index in [2.05, 4.69) is 5.32 Å². The van der Waals surface area contributed by atoms with E-state index in [1.807, 2.05) is 12.1 Å². The molecule has 2 N–H and O–H groups in total. The third-order valence-electron chi connectivity index (χ3n) is 2.41. The molecule has 0 spiro atoms. The number of hydrogen-bond donors (Lipinski definition) is 2. The molecule has 4 heteroatoms. The first kappa shape index (κ1) is 13.2. The van der Waals surface area contributed by atoms with Crippen LogP contribution in [0, 0.1) is 0 Å². The van der Waals surface area contributed by atoms with Crippen LogP contribution in [-0.2, 0) is 4.79 Å². The van der Waals surface area contributed by atoms with Gasteiger partial charge < -0.3 is 10.4 Å². The molecule has 19 heavy (non-hydrogen) atoms. The van der Waals surface area contributed by atoms with E-state index in [-0.39, 0.29) is 11.7 Å². The van der Waals surface area contributed by atoms with E-state index in [9.17, 15) is 9.90 Å². The first-order valence-electron chi connectivity index (χ1n) is 5.67. The summed E-state index contributed by atoms with van der Waals surface area (Å²) in [5, 5.41) is 12.6. The summed E-state index contributed by atoms with van der Waals surface area (Å²) in [7, 11) is 0. The minimum atomic E-state index is -0.263. The molecule has 0 aliphatic carbocycles. The molecule has 0 saturated heterocycles. The number of benzene rings is 2. The standard InChI is InChI=1S/C15H12ClNO2/c16-12-7-4-11(5-8-12)6-9-15(19)17-13-2-1-3-14(18)10-13/h1-10,18H,(H,17,19)/b9-6+. The van der Waals surface area contributed by atoms with Crippen LogP contribution in [0.5, 0.6) is 5.75 Å².